The number of aromatic nitrogens is 4. The van der Waals surface area contributed by atoms with Crippen molar-refractivity contribution >= 4 is 35.0 Å². The molecule has 0 bridgehead atoms. The highest BCUT2D eigenvalue weighted by Crippen LogP contribution is 2.23. The number of carbonyl (C=O) groups is 1. The number of aryl methyl sites for hydroxylation is 2. The summed E-state index contributed by atoms with van der Waals surface area (Å²) in [5.74, 6) is 1.40. The monoisotopic (exact) mass is 431 g/mol. The van der Waals surface area contributed by atoms with Crippen LogP contribution in [-0.4, -0.2) is 37.8 Å². The number of halogens is 1. The minimum absolute atomic E-state index is 0.00484. The Bertz CT molecular complexity index is 1020. The molecule has 0 spiro atoms. The van der Waals surface area contributed by atoms with Crippen molar-refractivity contribution in [2.24, 2.45) is 5.92 Å². The zero-order valence-electron chi connectivity index (χ0n) is 17.2. The molecule has 0 saturated carbocycles. The van der Waals surface area contributed by atoms with Crippen molar-refractivity contribution in [3.63, 3.8) is 0 Å². The molecule has 0 atom stereocenters. The zero-order valence-corrected chi connectivity index (χ0v) is 18.8. The van der Waals surface area contributed by atoms with E-state index in [2.05, 4.69) is 34.2 Å². The van der Waals surface area contributed by atoms with Gasteiger partial charge in [-0.2, -0.15) is 4.98 Å². The lowest BCUT2D eigenvalue weighted by Gasteiger charge is -2.11. The number of carbonyl (C=O) groups excluding carboxylic acids is 1. The van der Waals surface area contributed by atoms with Gasteiger partial charge in [0.25, 0.3) is 5.78 Å². The smallest absolute Gasteiger partial charge is 0.253 e. The van der Waals surface area contributed by atoms with Gasteiger partial charge in [-0.15, -0.1) is 5.10 Å². The van der Waals surface area contributed by atoms with Crippen LogP contribution in [0.5, 0.6) is 0 Å². The van der Waals surface area contributed by atoms with E-state index in [1.807, 2.05) is 38.1 Å². The summed E-state index contributed by atoms with van der Waals surface area (Å²) in [7, 11) is 0. The Labute approximate surface area is 180 Å². The molecule has 0 radical (unpaired) electrons. The lowest BCUT2D eigenvalue weighted by atomic mass is 10.0. The molecule has 8 heteroatoms. The van der Waals surface area contributed by atoms with Gasteiger partial charge in [-0.25, -0.2) is 9.50 Å². The normalized spacial score (nSPS) is 11.4. The van der Waals surface area contributed by atoms with Crippen LogP contribution in [0.1, 0.15) is 42.8 Å². The maximum atomic E-state index is 12.0. The fraction of sp³-hybridized carbons (Fsp3) is 0.429. The number of nitrogens with zero attached hydrogens (tertiary/aromatic N) is 4. The van der Waals surface area contributed by atoms with Crippen LogP contribution in [0.4, 0.5) is 0 Å². The number of amides is 1. The van der Waals surface area contributed by atoms with Crippen LogP contribution in [0.3, 0.4) is 0 Å². The highest BCUT2D eigenvalue weighted by Gasteiger charge is 2.15. The average Bonchev–Trinajstić information content (AvgIpc) is 3.07. The van der Waals surface area contributed by atoms with E-state index in [9.17, 15) is 4.79 Å². The van der Waals surface area contributed by atoms with Crippen molar-refractivity contribution < 1.29 is 4.79 Å². The molecule has 1 N–H and O–H groups in total. The van der Waals surface area contributed by atoms with Crippen molar-refractivity contribution in [3.05, 3.63) is 51.8 Å². The highest BCUT2D eigenvalue weighted by atomic mass is 35.5. The highest BCUT2D eigenvalue weighted by molar-refractivity contribution is 7.99. The summed E-state index contributed by atoms with van der Waals surface area (Å²) in [4.78, 5) is 21.1. The second-order valence-corrected chi connectivity index (χ2v) is 8.81. The molecule has 2 heterocycles. The number of fused-ring (bicyclic) bond motifs is 1. The average molecular weight is 432 g/mol. The van der Waals surface area contributed by atoms with Crippen molar-refractivity contribution in [2.45, 2.75) is 45.7 Å². The Balaban J connectivity index is 1.74. The van der Waals surface area contributed by atoms with Crippen LogP contribution < -0.4 is 5.32 Å². The lowest BCUT2D eigenvalue weighted by molar-refractivity contribution is -0.118. The van der Waals surface area contributed by atoms with Crippen LogP contribution in [0.25, 0.3) is 5.78 Å². The summed E-state index contributed by atoms with van der Waals surface area (Å²) in [6.45, 7) is 8.96. The van der Waals surface area contributed by atoms with Crippen molar-refractivity contribution in [1.82, 2.24) is 24.9 Å². The molecule has 29 heavy (non-hydrogen) atoms. The minimum atomic E-state index is -0.00484. The fourth-order valence-electron chi connectivity index (χ4n) is 3.02. The molecule has 0 aliphatic carbocycles. The molecule has 6 nitrogen and oxygen atoms in total. The molecule has 0 saturated heterocycles. The maximum absolute atomic E-state index is 12.0. The van der Waals surface area contributed by atoms with E-state index in [-0.39, 0.29) is 5.91 Å². The van der Waals surface area contributed by atoms with Crippen LogP contribution in [0.15, 0.2) is 29.4 Å². The van der Waals surface area contributed by atoms with Crippen LogP contribution >= 0.6 is 23.4 Å². The predicted octanol–water partition coefficient (Wildman–Crippen LogP) is 4.24. The topological polar surface area (TPSA) is 72.2 Å². The summed E-state index contributed by atoms with van der Waals surface area (Å²) in [6.07, 6.45) is 1.65. The summed E-state index contributed by atoms with van der Waals surface area (Å²) < 4.78 is 1.75. The van der Waals surface area contributed by atoms with E-state index < -0.39 is 0 Å². The summed E-state index contributed by atoms with van der Waals surface area (Å²) in [5.41, 5.74) is 4.02. The van der Waals surface area contributed by atoms with Gasteiger partial charge in [0.15, 0.2) is 0 Å². The third-order valence-corrected chi connectivity index (χ3v) is 5.94. The van der Waals surface area contributed by atoms with Gasteiger partial charge in [0.2, 0.25) is 11.1 Å². The van der Waals surface area contributed by atoms with Gasteiger partial charge in [-0.3, -0.25) is 4.79 Å². The molecule has 154 valence electrons. The Kier molecular flexibility index (Phi) is 7.14. The van der Waals surface area contributed by atoms with Gasteiger partial charge in [0.05, 0.1) is 5.75 Å². The zero-order chi connectivity index (χ0) is 21.0. The van der Waals surface area contributed by atoms with E-state index in [1.165, 1.54) is 11.8 Å². The third kappa shape index (κ3) is 5.48. The Morgan fingerprint density at radius 3 is 2.72 bits per heavy atom. The van der Waals surface area contributed by atoms with E-state index in [0.29, 0.717) is 35.6 Å². The molecular weight excluding hydrogens is 406 g/mol. The van der Waals surface area contributed by atoms with Gasteiger partial charge in [-0.1, -0.05) is 55.4 Å². The van der Waals surface area contributed by atoms with Gasteiger partial charge in [0, 0.05) is 29.4 Å². The number of nitrogens with one attached hydrogen (secondary N) is 1. The van der Waals surface area contributed by atoms with Gasteiger partial charge >= 0.3 is 0 Å². The molecule has 0 aliphatic heterocycles. The second-order valence-electron chi connectivity index (χ2n) is 7.46. The van der Waals surface area contributed by atoms with E-state index in [1.54, 1.807) is 4.52 Å². The largest absolute Gasteiger partial charge is 0.355 e. The maximum Gasteiger partial charge on any atom is 0.253 e. The van der Waals surface area contributed by atoms with Crippen LogP contribution in [0.2, 0.25) is 5.02 Å². The number of rotatable bonds is 8. The number of benzene rings is 1. The first-order valence-electron chi connectivity index (χ1n) is 9.71. The van der Waals surface area contributed by atoms with Gasteiger partial charge < -0.3 is 5.32 Å². The van der Waals surface area contributed by atoms with Gasteiger partial charge in [-0.05, 0) is 43.4 Å². The molecule has 1 aromatic carbocycles. The standard InChI is InChI=1S/C21H26ClN5OS/c1-13(2)9-10-23-19(28)12-29-21-25-20-24-14(3)17(15(4)27(20)26-21)11-16-7-5-6-8-18(16)22/h5-8,13H,9-12H2,1-4H3,(H,23,28). The Morgan fingerprint density at radius 1 is 1.24 bits per heavy atom. The quantitative estimate of drug-likeness (QED) is 0.540. The second kappa shape index (κ2) is 9.59. The molecule has 3 rings (SSSR count). The lowest BCUT2D eigenvalue weighted by Crippen LogP contribution is -2.26. The number of hydrogen-bond acceptors (Lipinski definition) is 5. The molecule has 0 unspecified atom stereocenters. The van der Waals surface area contributed by atoms with E-state index in [4.69, 9.17) is 11.6 Å². The third-order valence-electron chi connectivity index (χ3n) is 4.73. The first-order valence-corrected chi connectivity index (χ1v) is 11.1. The van der Waals surface area contributed by atoms with E-state index >= 15 is 0 Å². The molecule has 2 aromatic heterocycles. The Morgan fingerprint density at radius 2 is 2.00 bits per heavy atom. The minimum Gasteiger partial charge on any atom is -0.355 e. The molecule has 1 amide bonds. The van der Waals surface area contributed by atoms with E-state index in [0.717, 1.165) is 34.0 Å². The SMILES string of the molecule is Cc1nc2nc(SCC(=O)NCCC(C)C)nn2c(C)c1Cc1ccccc1Cl. The van der Waals surface area contributed by atoms with Crippen molar-refractivity contribution in [1.29, 1.82) is 0 Å². The molecule has 0 aliphatic rings. The van der Waals surface area contributed by atoms with Crippen LogP contribution in [0, 0.1) is 19.8 Å². The van der Waals surface area contributed by atoms with Crippen LogP contribution in [-0.2, 0) is 11.2 Å². The molecule has 0 fully saturated rings. The summed E-state index contributed by atoms with van der Waals surface area (Å²) >= 11 is 7.65. The number of hydrogen-bond donors (Lipinski definition) is 1. The summed E-state index contributed by atoms with van der Waals surface area (Å²) in [5, 5.41) is 8.77. The predicted molar refractivity (Wildman–Crippen MR) is 118 cm³/mol. The number of thioether (sulfide) groups is 1. The molecule has 3 aromatic rings. The van der Waals surface area contributed by atoms with Crippen molar-refractivity contribution in [2.75, 3.05) is 12.3 Å². The van der Waals surface area contributed by atoms with Gasteiger partial charge in [0.1, 0.15) is 0 Å². The Hall–Kier alpha value is -2.12. The molecular formula is C21H26ClN5OS. The summed E-state index contributed by atoms with van der Waals surface area (Å²) in [6, 6.07) is 7.82. The fourth-order valence-corrected chi connectivity index (χ4v) is 3.87. The van der Waals surface area contributed by atoms with Crippen molar-refractivity contribution in [3.8, 4) is 0 Å². The first-order chi connectivity index (χ1) is 13.8. The first kappa shape index (κ1) is 21.6.